The molecule has 0 aromatic rings. The summed E-state index contributed by atoms with van der Waals surface area (Å²) in [6, 6.07) is 0. The van der Waals surface area contributed by atoms with Crippen LogP contribution >= 0.6 is 15.9 Å². The van der Waals surface area contributed by atoms with Crippen LogP contribution in [0.25, 0.3) is 0 Å². The molecule has 7 heteroatoms. The molecular formula is C12H19BrO6. The van der Waals surface area contributed by atoms with Gasteiger partial charge in [-0.15, -0.1) is 0 Å². The predicted octanol–water partition coefficient (Wildman–Crippen LogP) is 0.357. The monoisotopic (exact) mass is 338 g/mol. The first-order valence-corrected chi connectivity index (χ1v) is 7.25. The minimum Gasteiger partial charge on any atom is -0.376 e. The van der Waals surface area contributed by atoms with Gasteiger partial charge in [0.15, 0.2) is 11.6 Å². The fourth-order valence-corrected chi connectivity index (χ4v) is 1.84. The third kappa shape index (κ3) is 6.58. The molecule has 2 heterocycles. The molecule has 0 amide bonds. The smallest absolute Gasteiger partial charge is 0.174 e. The summed E-state index contributed by atoms with van der Waals surface area (Å²) in [7, 11) is 0. The van der Waals surface area contributed by atoms with Crippen LogP contribution < -0.4 is 0 Å². The normalized spacial score (nSPS) is 27.1. The topological polar surface area (TPSA) is 71.1 Å². The number of Topliss-reactive ketones (excluding diaryl/α,β-unsaturated/α-hetero) is 2. The summed E-state index contributed by atoms with van der Waals surface area (Å²) < 4.78 is 20.2. The van der Waals surface area contributed by atoms with Crippen molar-refractivity contribution in [3.8, 4) is 0 Å². The van der Waals surface area contributed by atoms with Gasteiger partial charge in [0.2, 0.25) is 0 Å². The molecule has 2 atom stereocenters. The van der Waals surface area contributed by atoms with E-state index in [1.165, 1.54) is 6.92 Å². The van der Waals surface area contributed by atoms with E-state index in [1.54, 1.807) is 0 Å². The Hall–Kier alpha value is -0.340. The number of ether oxygens (including phenoxy) is 4. The third-order valence-electron chi connectivity index (χ3n) is 2.58. The minimum atomic E-state index is -0.340. The first kappa shape index (κ1) is 16.7. The van der Waals surface area contributed by atoms with E-state index in [-0.39, 0.29) is 23.8 Å². The average molecular weight is 339 g/mol. The largest absolute Gasteiger partial charge is 0.376 e. The highest BCUT2D eigenvalue weighted by atomic mass is 79.9. The minimum absolute atomic E-state index is 0.0506. The average Bonchev–Trinajstić information content (AvgIpc) is 2.49. The molecule has 110 valence electrons. The van der Waals surface area contributed by atoms with Gasteiger partial charge < -0.3 is 18.9 Å². The zero-order valence-corrected chi connectivity index (χ0v) is 12.5. The van der Waals surface area contributed by atoms with Crippen LogP contribution in [0, 0.1) is 0 Å². The molecule has 0 aliphatic carbocycles. The summed E-state index contributed by atoms with van der Waals surface area (Å²) in [5.74, 6) is 0.106. The summed E-state index contributed by atoms with van der Waals surface area (Å²) in [4.78, 5) is 21.5. The number of hydrogen-bond acceptors (Lipinski definition) is 6. The molecule has 0 saturated carbocycles. The van der Waals surface area contributed by atoms with Gasteiger partial charge in [0.05, 0.1) is 45.0 Å². The number of carbonyl (C=O) groups excluding carboxylic acids is 2. The number of halogens is 1. The molecule has 0 aromatic carbocycles. The number of ketones is 2. The maximum atomic E-state index is 10.9. The van der Waals surface area contributed by atoms with Crippen molar-refractivity contribution < 1.29 is 28.5 Å². The van der Waals surface area contributed by atoms with Crippen molar-refractivity contribution in [3.05, 3.63) is 0 Å². The summed E-state index contributed by atoms with van der Waals surface area (Å²) in [5, 5.41) is 0.348. The van der Waals surface area contributed by atoms with E-state index >= 15 is 0 Å². The number of alkyl halides is 1. The van der Waals surface area contributed by atoms with Crippen LogP contribution in [0.3, 0.4) is 0 Å². The van der Waals surface area contributed by atoms with Crippen LogP contribution in [0.5, 0.6) is 0 Å². The van der Waals surface area contributed by atoms with Crippen LogP contribution in [0.1, 0.15) is 6.92 Å². The molecule has 0 spiro atoms. The van der Waals surface area contributed by atoms with E-state index in [1.807, 2.05) is 0 Å². The number of rotatable bonds is 3. The van der Waals surface area contributed by atoms with E-state index in [4.69, 9.17) is 18.9 Å². The molecule has 2 fully saturated rings. The van der Waals surface area contributed by atoms with Crippen LogP contribution in [0.15, 0.2) is 0 Å². The van der Waals surface area contributed by atoms with Gasteiger partial charge in [-0.2, -0.15) is 0 Å². The lowest BCUT2D eigenvalue weighted by Crippen LogP contribution is -2.35. The maximum absolute atomic E-state index is 10.9. The van der Waals surface area contributed by atoms with Gasteiger partial charge in [-0.05, 0) is 6.92 Å². The van der Waals surface area contributed by atoms with Gasteiger partial charge in [-0.1, -0.05) is 15.9 Å². The zero-order chi connectivity index (χ0) is 14.1. The Morgan fingerprint density at radius 2 is 1.53 bits per heavy atom. The predicted molar refractivity (Wildman–Crippen MR) is 70.6 cm³/mol. The Balaban J connectivity index is 0.000000191. The lowest BCUT2D eigenvalue weighted by atomic mass is 10.2. The second-order valence-corrected chi connectivity index (χ2v) is 4.64. The molecule has 6 nitrogen and oxygen atoms in total. The van der Waals surface area contributed by atoms with E-state index < -0.39 is 0 Å². The van der Waals surface area contributed by atoms with Crippen molar-refractivity contribution in [2.24, 2.45) is 0 Å². The lowest BCUT2D eigenvalue weighted by Gasteiger charge is -2.20. The van der Waals surface area contributed by atoms with Gasteiger partial charge >= 0.3 is 0 Å². The van der Waals surface area contributed by atoms with Gasteiger partial charge in [0, 0.05) is 0 Å². The van der Waals surface area contributed by atoms with Crippen LogP contribution in [-0.2, 0) is 28.5 Å². The molecule has 0 radical (unpaired) electrons. The Kier molecular flexibility index (Phi) is 8.40. The molecule has 0 N–H and O–H groups in total. The Labute approximate surface area is 120 Å². The van der Waals surface area contributed by atoms with E-state index in [9.17, 15) is 9.59 Å². The van der Waals surface area contributed by atoms with Crippen molar-refractivity contribution in [2.75, 3.05) is 45.0 Å². The molecule has 2 rings (SSSR count). The standard InChI is InChI=1S/C6H9BrO3.C6H10O3/c7-3-5(8)6-4-9-1-2-10-6;1-5(7)6-4-8-2-3-9-6/h6H,1-4H2;6H,2-4H2,1H3. The molecule has 2 aliphatic rings. The summed E-state index contributed by atoms with van der Waals surface area (Å²) >= 11 is 3.07. The van der Waals surface area contributed by atoms with E-state index in [0.29, 0.717) is 45.0 Å². The Morgan fingerprint density at radius 3 is 1.84 bits per heavy atom. The third-order valence-corrected chi connectivity index (χ3v) is 3.13. The molecule has 2 aliphatic heterocycles. The second kappa shape index (κ2) is 9.55. The fourth-order valence-electron chi connectivity index (χ4n) is 1.48. The Bertz CT molecular complexity index is 284. The molecule has 19 heavy (non-hydrogen) atoms. The van der Waals surface area contributed by atoms with Gasteiger partial charge in [0.25, 0.3) is 0 Å². The zero-order valence-electron chi connectivity index (χ0n) is 10.9. The summed E-state index contributed by atoms with van der Waals surface area (Å²) in [6.07, 6.45) is -0.646. The fraction of sp³-hybridized carbons (Fsp3) is 0.833. The van der Waals surface area contributed by atoms with Crippen molar-refractivity contribution in [1.29, 1.82) is 0 Å². The highest BCUT2D eigenvalue weighted by Crippen LogP contribution is 2.03. The first-order valence-electron chi connectivity index (χ1n) is 6.13. The van der Waals surface area contributed by atoms with Crippen LogP contribution in [0.2, 0.25) is 0 Å². The van der Waals surface area contributed by atoms with Crippen molar-refractivity contribution in [3.63, 3.8) is 0 Å². The Morgan fingerprint density at radius 1 is 1.00 bits per heavy atom. The second-order valence-electron chi connectivity index (χ2n) is 4.08. The molecule has 2 unspecified atom stereocenters. The van der Waals surface area contributed by atoms with Gasteiger partial charge in [-0.3, -0.25) is 9.59 Å². The SMILES string of the molecule is CC(=O)C1COCCO1.O=C(CBr)C1COCCO1. The summed E-state index contributed by atoms with van der Waals surface area (Å²) in [6.45, 7) is 4.64. The maximum Gasteiger partial charge on any atom is 0.174 e. The van der Waals surface area contributed by atoms with Gasteiger partial charge in [-0.25, -0.2) is 0 Å². The molecule has 0 bridgehead atoms. The van der Waals surface area contributed by atoms with Crippen molar-refractivity contribution in [1.82, 2.24) is 0 Å². The highest BCUT2D eigenvalue weighted by Gasteiger charge is 2.20. The lowest BCUT2D eigenvalue weighted by molar-refractivity contribution is -0.143. The van der Waals surface area contributed by atoms with Crippen molar-refractivity contribution >= 4 is 27.5 Å². The number of hydrogen-bond donors (Lipinski definition) is 0. The molecule has 2 saturated heterocycles. The quantitative estimate of drug-likeness (QED) is 0.692. The first-order chi connectivity index (χ1) is 9.15. The van der Waals surface area contributed by atoms with Crippen LogP contribution in [-0.4, -0.2) is 68.7 Å². The number of carbonyl (C=O) groups is 2. The van der Waals surface area contributed by atoms with Crippen molar-refractivity contribution in [2.45, 2.75) is 19.1 Å². The van der Waals surface area contributed by atoms with Crippen LogP contribution in [0.4, 0.5) is 0 Å². The molecule has 0 aromatic heterocycles. The molecular weight excluding hydrogens is 320 g/mol. The van der Waals surface area contributed by atoms with E-state index in [0.717, 1.165) is 0 Å². The van der Waals surface area contributed by atoms with E-state index in [2.05, 4.69) is 15.9 Å². The summed E-state index contributed by atoms with van der Waals surface area (Å²) in [5.41, 5.74) is 0. The highest BCUT2D eigenvalue weighted by molar-refractivity contribution is 9.09. The van der Waals surface area contributed by atoms with Gasteiger partial charge in [0.1, 0.15) is 12.2 Å².